The molecule has 2 fully saturated rings. The lowest BCUT2D eigenvalue weighted by molar-refractivity contribution is -0.0605. The largest absolute Gasteiger partial charge is 0.414 e. The number of hydrogen-bond acceptors (Lipinski definition) is 7. The van der Waals surface area contributed by atoms with E-state index in [0.29, 0.717) is 0 Å². The van der Waals surface area contributed by atoms with E-state index in [0.717, 1.165) is 10.1 Å². The van der Waals surface area contributed by atoms with E-state index in [1.54, 1.807) is 0 Å². The van der Waals surface area contributed by atoms with Gasteiger partial charge in [0.05, 0.1) is 13.2 Å². The molecule has 0 unspecified atom stereocenters. The molecule has 4 rings (SSSR count). The molecule has 3 heterocycles. The van der Waals surface area contributed by atoms with E-state index in [1.165, 1.54) is 16.8 Å². The summed E-state index contributed by atoms with van der Waals surface area (Å²) in [5.74, 6) is 0. The van der Waals surface area contributed by atoms with Crippen molar-refractivity contribution in [2.24, 2.45) is 0 Å². The first-order valence-electron chi connectivity index (χ1n) is 14.1. The number of benzene rings is 1. The molecule has 0 saturated carbocycles. The second kappa shape index (κ2) is 11.6. The molecule has 1 aromatic carbocycles. The van der Waals surface area contributed by atoms with E-state index in [-0.39, 0.29) is 35.3 Å². The molecule has 216 valence electrons. The van der Waals surface area contributed by atoms with Gasteiger partial charge < -0.3 is 22.8 Å². The molecule has 1 N–H and O–H groups in total. The molecule has 39 heavy (non-hydrogen) atoms. The van der Waals surface area contributed by atoms with Crippen LogP contribution in [0.15, 0.2) is 52.2 Å². The predicted molar refractivity (Wildman–Crippen MR) is 154 cm³/mol. The summed E-state index contributed by atoms with van der Waals surface area (Å²) in [5.41, 5.74) is 0.387. The first kappa shape index (κ1) is 30.1. The maximum atomic E-state index is 13.5. The summed E-state index contributed by atoms with van der Waals surface area (Å²) in [5, 5.41) is 11.6. The Labute approximate surface area is 233 Å². The number of aliphatic hydroxyl groups is 1. The SMILES string of the molecule is CC(C)[Si]1(C(C)C)OC[C@H]2O[C@@H](n3ccc(=O)n(Cc4ccccc4)c3=O)[C@H](O)[C@@H]2O[Si](C(C)C)(C(C)C)O1. The molecule has 0 radical (unpaired) electrons. The van der Waals surface area contributed by atoms with E-state index in [2.05, 4.69) is 55.4 Å². The highest BCUT2D eigenvalue weighted by molar-refractivity contribution is 6.84. The van der Waals surface area contributed by atoms with Crippen LogP contribution in [0, 0.1) is 0 Å². The van der Waals surface area contributed by atoms with Crippen LogP contribution < -0.4 is 11.2 Å². The monoisotopic (exact) mass is 576 g/mol. The van der Waals surface area contributed by atoms with Gasteiger partial charge in [-0.15, -0.1) is 0 Å². The highest BCUT2D eigenvalue weighted by atomic mass is 28.5. The molecule has 0 amide bonds. The van der Waals surface area contributed by atoms with Crippen LogP contribution in [0.5, 0.6) is 0 Å². The molecule has 4 atom stereocenters. The summed E-state index contributed by atoms with van der Waals surface area (Å²) < 4.78 is 29.7. The number of aliphatic hydroxyl groups excluding tert-OH is 1. The van der Waals surface area contributed by atoms with Crippen LogP contribution in [-0.4, -0.2) is 56.3 Å². The van der Waals surface area contributed by atoms with E-state index in [1.807, 2.05) is 30.3 Å². The Morgan fingerprint density at radius 1 is 0.897 bits per heavy atom. The highest BCUT2D eigenvalue weighted by Gasteiger charge is 2.61. The number of hydrogen-bond donors (Lipinski definition) is 1. The summed E-state index contributed by atoms with van der Waals surface area (Å²) in [6.45, 7) is 17.4. The van der Waals surface area contributed by atoms with Crippen molar-refractivity contribution < 1.29 is 22.8 Å². The van der Waals surface area contributed by atoms with Crippen LogP contribution in [0.25, 0.3) is 0 Å². The van der Waals surface area contributed by atoms with Gasteiger partial charge in [0.1, 0.15) is 18.3 Å². The molecule has 1 aromatic heterocycles. The zero-order chi connectivity index (χ0) is 28.7. The van der Waals surface area contributed by atoms with Crippen molar-refractivity contribution in [3.8, 4) is 0 Å². The Balaban J connectivity index is 1.75. The maximum absolute atomic E-state index is 13.5. The van der Waals surface area contributed by atoms with Crippen molar-refractivity contribution in [2.45, 2.75) is 109 Å². The van der Waals surface area contributed by atoms with Gasteiger partial charge in [-0.05, 0) is 27.7 Å². The molecular weight excluding hydrogens is 532 g/mol. The molecule has 2 aliphatic heterocycles. The zero-order valence-corrected chi connectivity index (χ0v) is 26.4. The Kier molecular flexibility index (Phi) is 8.92. The third-order valence-corrected chi connectivity index (χ3v) is 18.4. The number of rotatable bonds is 7. The van der Waals surface area contributed by atoms with Gasteiger partial charge in [0.15, 0.2) is 6.23 Å². The van der Waals surface area contributed by atoms with Gasteiger partial charge in [-0.3, -0.25) is 13.9 Å². The van der Waals surface area contributed by atoms with Crippen molar-refractivity contribution >= 4 is 17.1 Å². The van der Waals surface area contributed by atoms with Gasteiger partial charge in [0, 0.05) is 12.3 Å². The van der Waals surface area contributed by atoms with Gasteiger partial charge >= 0.3 is 22.8 Å². The smallest absolute Gasteiger partial charge is 0.335 e. The van der Waals surface area contributed by atoms with Crippen LogP contribution in [0.2, 0.25) is 22.2 Å². The highest BCUT2D eigenvalue weighted by Crippen LogP contribution is 2.48. The van der Waals surface area contributed by atoms with Crippen molar-refractivity contribution in [3.05, 3.63) is 69.0 Å². The predicted octanol–water partition coefficient (Wildman–Crippen LogP) is 4.27. The Morgan fingerprint density at radius 2 is 1.49 bits per heavy atom. The third-order valence-electron chi connectivity index (χ3n) is 8.19. The van der Waals surface area contributed by atoms with Gasteiger partial charge in [0.2, 0.25) is 0 Å². The number of ether oxygens (including phenoxy) is 1. The summed E-state index contributed by atoms with van der Waals surface area (Å²) in [6, 6.07) is 10.7. The van der Waals surface area contributed by atoms with Crippen molar-refractivity contribution in [1.82, 2.24) is 9.13 Å². The lowest BCUT2D eigenvalue weighted by Gasteiger charge is -2.51. The lowest BCUT2D eigenvalue weighted by atomic mass is 10.1. The van der Waals surface area contributed by atoms with E-state index < -0.39 is 52.9 Å². The minimum atomic E-state index is -2.97. The molecule has 0 bridgehead atoms. The molecule has 2 aliphatic rings. The summed E-state index contributed by atoms with van der Waals surface area (Å²) in [6.07, 6.45) is -2.12. The van der Waals surface area contributed by atoms with Crippen LogP contribution in [-0.2, 0) is 24.2 Å². The molecule has 2 aromatic rings. The van der Waals surface area contributed by atoms with Gasteiger partial charge in [-0.1, -0.05) is 85.7 Å². The van der Waals surface area contributed by atoms with E-state index in [4.69, 9.17) is 17.7 Å². The minimum Gasteiger partial charge on any atom is -0.414 e. The number of nitrogens with zero attached hydrogens (tertiary/aromatic N) is 2. The fraction of sp³-hybridized carbons (Fsp3) is 0.643. The normalized spacial score (nSPS) is 26.7. The fourth-order valence-corrected chi connectivity index (χ4v) is 17.2. The Hall–Kier alpha value is -1.87. The van der Waals surface area contributed by atoms with Gasteiger partial charge in [0.25, 0.3) is 5.56 Å². The quantitative estimate of drug-likeness (QED) is 0.491. The molecular formula is C28H44N2O7Si2. The van der Waals surface area contributed by atoms with Crippen LogP contribution >= 0.6 is 0 Å². The fourth-order valence-electron chi connectivity index (χ4n) is 6.00. The van der Waals surface area contributed by atoms with Crippen molar-refractivity contribution in [1.29, 1.82) is 0 Å². The van der Waals surface area contributed by atoms with Crippen LogP contribution in [0.1, 0.15) is 67.2 Å². The van der Waals surface area contributed by atoms with E-state index in [9.17, 15) is 14.7 Å². The molecule has 0 aliphatic carbocycles. The zero-order valence-electron chi connectivity index (χ0n) is 24.4. The summed E-state index contributed by atoms with van der Waals surface area (Å²) in [4.78, 5) is 26.2. The third kappa shape index (κ3) is 5.42. The number of fused-ring (bicyclic) bond motifs is 1. The molecule has 9 nitrogen and oxygen atoms in total. The Bertz CT molecular complexity index is 1230. The summed E-state index contributed by atoms with van der Waals surface area (Å²) in [7, 11) is -5.74. The lowest BCUT2D eigenvalue weighted by Crippen LogP contribution is -2.65. The van der Waals surface area contributed by atoms with Gasteiger partial charge in [-0.25, -0.2) is 4.79 Å². The van der Waals surface area contributed by atoms with Crippen LogP contribution in [0.4, 0.5) is 0 Å². The number of aromatic nitrogens is 2. The minimum absolute atomic E-state index is 0.0889. The average molecular weight is 577 g/mol. The average Bonchev–Trinajstić information content (AvgIpc) is 3.15. The molecule has 0 spiro atoms. The van der Waals surface area contributed by atoms with Crippen LogP contribution in [0.3, 0.4) is 0 Å². The first-order chi connectivity index (χ1) is 18.3. The summed E-state index contributed by atoms with van der Waals surface area (Å²) >= 11 is 0. The second-order valence-electron chi connectivity index (χ2n) is 12.0. The van der Waals surface area contributed by atoms with E-state index >= 15 is 0 Å². The van der Waals surface area contributed by atoms with Gasteiger partial charge in [-0.2, -0.15) is 0 Å². The van der Waals surface area contributed by atoms with Crippen molar-refractivity contribution in [3.63, 3.8) is 0 Å². The first-order valence-corrected chi connectivity index (χ1v) is 18.0. The molecule has 2 saturated heterocycles. The van der Waals surface area contributed by atoms with Crippen molar-refractivity contribution in [2.75, 3.05) is 6.61 Å². The standard InChI is InChI=1S/C28H44N2O7Si2/c1-18(2)38(19(3)4)34-17-23-26(36-39(37-38,20(5)6)21(7)8)25(32)27(35-23)29-15-14-24(31)30(28(29)33)16-22-12-10-9-11-13-22/h9-15,18-21,23,25-27,32H,16-17H2,1-8H3/t23-,25-,26-,27-/m1/s1. The Morgan fingerprint density at radius 3 is 2.05 bits per heavy atom. The molecule has 11 heteroatoms. The second-order valence-corrected chi connectivity index (χ2v) is 20.9. The topological polar surface area (TPSA) is 101 Å². The maximum Gasteiger partial charge on any atom is 0.335 e.